The minimum absolute atomic E-state index is 0.0769. The number of ether oxygens (including phenoxy) is 2. The highest BCUT2D eigenvalue weighted by Crippen LogP contribution is 2.26. The second-order valence-electron chi connectivity index (χ2n) is 6.50. The van der Waals surface area contributed by atoms with Gasteiger partial charge in [-0.1, -0.05) is 0 Å². The second kappa shape index (κ2) is 8.20. The van der Waals surface area contributed by atoms with Gasteiger partial charge in [0.1, 0.15) is 17.3 Å². The molecule has 142 valence electrons. The van der Waals surface area contributed by atoms with Gasteiger partial charge in [-0.3, -0.25) is 9.59 Å². The molecule has 6 heteroatoms. The zero-order valence-corrected chi connectivity index (χ0v) is 15.4. The fourth-order valence-electron chi connectivity index (χ4n) is 3.35. The maximum absolute atomic E-state index is 13.5. The lowest BCUT2D eigenvalue weighted by atomic mass is 9.88. The van der Waals surface area contributed by atoms with E-state index in [4.69, 9.17) is 9.47 Å². The normalized spacial score (nSPS) is 14.7. The summed E-state index contributed by atoms with van der Waals surface area (Å²) in [5, 5.41) is 0. The quantitative estimate of drug-likeness (QED) is 0.754. The summed E-state index contributed by atoms with van der Waals surface area (Å²) in [6, 6.07) is 10.9. The minimum atomic E-state index is -0.483. The Morgan fingerprint density at radius 3 is 2.26 bits per heavy atom. The summed E-state index contributed by atoms with van der Waals surface area (Å²) in [6.45, 7) is 0.899. The van der Waals surface area contributed by atoms with Crippen LogP contribution in [0.25, 0.3) is 0 Å². The van der Waals surface area contributed by atoms with Gasteiger partial charge >= 0.3 is 0 Å². The van der Waals surface area contributed by atoms with E-state index in [-0.39, 0.29) is 23.2 Å². The van der Waals surface area contributed by atoms with Gasteiger partial charge in [-0.05, 0) is 55.3 Å². The van der Waals surface area contributed by atoms with Crippen molar-refractivity contribution in [1.82, 2.24) is 4.90 Å². The molecule has 0 N–H and O–H groups in total. The molecule has 1 saturated heterocycles. The number of ketones is 1. The summed E-state index contributed by atoms with van der Waals surface area (Å²) < 4.78 is 23.8. The molecule has 0 saturated carbocycles. The number of hydrogen-bond donors (Lipinski definition) is 0. The number of carbonyl (C=O) groups is 2. The van der Waals surface area contributed by atoms with E-state index < -0.39 is 5.82 Å². The molecule has 0 radical (unpaired) electrons. The third-order valence-corrected chi connectivity index (χ3v) is 4.92. The largest absolute Gasteiger partial charge is 0.497 e. The summed E-state index contributed by atoms with van der Waals surface area (Å²) in [5.41, 5.74) is 0.852. The SMILES string of the molecule is COc1ccc(C(=O)C2CCN(C(=O)c3cc(F)ccc3OC)CC2)cc1. The number of carbonyl (C=O) groups excluding carboxylic acids is 2. The molecule has 0 unspecified atom stereocenters. The fraction of sp³-hybridized carbons (Fsp3) is 0.333. The number of halogens is 1. The summed E-state index contributed by atoms with van der Waals surface area (Å²) in [6.07, 6.45) is 1.16. The Morgan fingerprint density at radius 1 is 1.00 bits per heavy atom. The first-order chi connectivity index (χ1) is 13.0. The number of nitrogens with zero attached hydrogens (tertiary/aromatic N) is 1. The average molecular weight is 371 g/mol. The third kappa shape index (κ3) is 4.10. The van der Waals surface area contributed by atoms with Crippen LogP contribution in [0.3, 0.4) is 0 Å². The van der Waals surface area contributed by atoms with Crippen LogP contribution in [-0.2, 0) is 0 Å². The van der Waals surface area contributed by atoms with E-state index in [0.717, 1.165) is 0 Å². The molecule has 1 fully saturated rings. The van der Waals surface area contributed by atoms with Crippen molar-refractivity contribution in [3.8, 4) is 11.5 Å². The molecule has 27 heavy (non-hydrogen) atoms. The van der Waals surface area contributed by atoms with Crippen molar-refractivity contribution in [2.24, 2.45) is 5.92 Å². The molecule has 5 nitrogen and oxygen atoms in total. The van der Waals surface area contributed by atoms with E-state index in [2.05, 4.69) is 0 Å². The number of piperidine rings is 1. The predicted molar refractivity (Wildman–Crippen MR) is 98.9 cm³/mol. The standard InChI is InChI=1S/C21H22FNO4/c1-26-17-6-3-14(4-7-17)20(24)15-9-11-23(12-10-15)21(25)18-13-16(22)5-8-19(18)27-2/h3-8,13,15H,9-12H2,1-2H3. The van der Waals surface area contributed by atoms with Crippen LogP contribution in [0.2, 0.25) is 0 Å². The van der Waals surface area contributed by atoms with E-state index in [1.54, 1.807) is 36.3 Å². The van der Waals surface area contributed by atoms with Gasteiger partial charge in [-0.15, -0.1) is 0 Å². The molecule has 1 aliphatic heterocycles. The van der Waals surface area contributed by atoms with E-state index in [1.165, 1.54) is 25.3 Å². The average Bonchev–Trinajstić information content (AvgIpc) is 2.73. The van der Waals surface area contributed by atoms with Gasteiger partial charge in [-0.25, -0.2) is 4.39 Å². The first kappa shape index (κ1) is 18.9. The zero-order chi connectivity index (χ0) is 19.4. The number of likely N-dealkylation sites (tertiary alicyclic amines) is 1. The molecule has 3 rings (SSSR count). The van der Waals surface area contributed by atoms with Crippen molar-refractivity contribution in [3.63, 3.8) is 0 Å². The molecule has 1 amide bonds. The molecule has 0 aromatic heterocycles. The molecule has 0 aliphatic carbocycles. The summed E-state index contributed by atoms with van der Waals surface area (Å²) in [5.74, 6) is 0.240. The minimum Gasteiger partial charge on any atom is -0.497 e. The first-order valence-corrected chi connectivity index (χ1v) is 8.84. The molecular formula is C21H22FNO4. The van der Waals surface area contributed by atoms with Gasteiger partial charge in [0, 0.05) is 24.6 Å². The van der Waals surface area contributed by atoms with Gasteiger partial charge in [-0.2, -0.15) is 0 Å². The Balaban J connectivity index is 1.65. The Bertz CT molecular complexity index is 827. The Morgan fingerprint density at radius 2 is 1.67 bits per heavy atom. The third-order valence-electron chi connectivity index (χ3n) is 4.92. The van der Waals surface area contributed by atoms with Crippen LogP contribution >= 0.6 is 0 Å². The van der Waals surface area contributed by atoms with Gasteiger partial charge in [0.15, 0.2) is 5.78 Å². The zero-order valence-electron chi connectivity index (χ0n) is 15.4. The molecule has 2 aromatic carbocycles. The highest BCUT2D eigenvalue weighted by molar-refractivity contribution is 5.99. The fourth-order valence-corrected chi connectivity index (χ4v) is 3.35. The summed E-state index contributed by atoms with van der Waals surface area (Å²) in [4.78, 5) is 27.1. The van der Waals surface area contributed by atoms with Crippen molar-refractivity contribution in [2.45, 2.75) is 12.8 Å². The van der Waals surface area contributed by atoms with Crippen LogP contribution in [-0.4, -0.2) is 43.9 Å². The smallest absolute Gasteiger partial charge is 0.257 e. The summed E-state index contributed by atoms with van der Waals surface area (Å²) >= 11 is 0. The van der Waals surface area contributed by atoms with Crippen LogP contribution in [0.4, 0.5) is 4.39 Å². The van der Waals surface area contributed by atoms with Crippen molar-refractivity contribution >= 4 is 11.7 Å². The molecule has 1 heterocycles. The van der Waals surface area contributed by atoms with Crippen LogP contribution in [0.5, 0.6) is 11.5 Å². The van der Waals surface area contributed by atoms with E-state index in [9.17, 15) is 14.0 Å². The van der Waals surface area contributed by atoms with Crippen LogP contribution in [0.1, 0.15) is 33.6 Å². The molecule has 0 bridgehead atoms. The van der Waals surface area contributed by atoms with Gasteiger partial charge in [0.05, 0.1) is 19.8 Å². The van der Waals surface area contributed by atoms with Crippen molar-refractivity contribution in [1.29, 1.82) is 0 Å². The van der Waals surface area contributed by atoms with Gasteiger partial charge < -0.3 is 14.4 Å². The Kier molecular flexibility index (Phi) is 5.74. The first-order valence-electron chi connectivity index (χ1n) is 8.84. The van der Waals surface area contributed by atoms with Crippen molar-refractivity contribution in [2.75, 3.05) is 27.3 Å². The second-order valence-corrected chi connectivity index (χ2v) is 6.50. The Hall–Kier alpha value is -2.89. The number of benzene rings is 2. The lowest BCUT2D eigenvalue weighted by Gasteiger charge is -2.31. The van der Waals surface area contributed by atoms with E-state index >= 15 is 0 Å². The maximum atomic E-state index is 13.5. The molecule has 2 aromatic rings. The number of Topliss-reactive ketones (excluding diaryl/α,β-unsaturated/α-hetero) is 1. The number of amides is 1. The molecule has 1 aliphatic rings. The topological polar surface area (TPSA) is 55.8 Å². The van der Waals surface area contributed by atoms with Crippen LogP contribution in [0, 0.1) is 11.7 Å². The monoisotopic (exact) mass is 371 g/mol. The van der Waals surface area contributed by atoms with E-state index in [1.807, 2.05) is 0 Å². The van der Waals surface area contributed by atoms with E-state index in [0.29, 0.717) is 43.0 Å². The highest BCUT2D eigenvalue weighted by atomic mass is 19.1. The molecular weight excluding hydrogens is 349 g/mol. The summed E-state index contributed by atoms with van der Waals surface area (Å²) in [7, 11) is 3.03. The molecule has 0 atom stereocenters. The van der Waals surface area contributed by atoms with Crippen molar-refractivity contribution in [3.05, 3.63) is 59.4 Å². The Labute approximate surface area is 157 Å². The van der Waals surface area contributed by atoms with Gasteiger partial charge in [0.2, 0.25) is 0 Å². The predicted octanol–water partition coefficient (Wildman–Crippen LogP) is 3.58. The number of methoxy groups -OCH3 is 2. The van der Waals surface area contributed by atoms with Crippen molar-refractivity contribution < 1.29 is 23.5 Å². The molecule has 0 spiro atoms. The number of rotatable bonds is 5. The van der Waals surface area contributed by atoms with Gasteiger partial charge in [0.25, 0.3) is 5.91 Å². The lowest BCUT2D eigenvalue weighted by Crippen LogP contribution is -2.40. The lowest BCUT2D eigenvalue weighted by molar-refractivity contribution is 0.0647. The van der Waals surface area contributed by atoms with Crippen LogP contribution < -0.4 is 9.47 Å². The highest BCUT2D eigenvalue weighted by Gasteiger charge is 2.29. The van der Waals surface area contributed by atoms with Crippen LogP contribution in [0.15, 0.2) is 42.5 Å². The number of hydrogen-bond acceptors (Lipinski definition) is 4. The maximum Gasteiger partial charge on any atom is 0.257 e.